The number of thiophene rings is 1. The van der Waals surface area contributed by atoms with E-state index < -0.39 is 0 Å². The first-order chi connectivity index (χ1) is 13.8. The van der Waals surface area contributed by atoms with E-state index in [1.54, 1.807) is 11.3 Å². The Balaban J connectivity index is 1.47. The number of hydrogen-bond acceptors (Lipinski definition) is 5. The molecule has 28 heavy (non-hydrogen) atoms. The van der Waals surface area contributed by atoms with E-state index in [0.717, 1.165) is 32.5 Å². The molecule has 2 aromatic heterocycles. The molecule has 3 nitrogen and oxygen atoms in total. The van der Waals surface area contributed by atoms with Gasteiger partial charge in [-0.3, -0.25) is 0 Å². The van der Waals surface area contributed by atoms with Crippen molar-refractivity contribution in [3.8, 4) is 22.4 Å². The number of rotatable bonds is 6. The summed E-state index contributed by atoms with van der Waals surface area (Å²) in [6.45, 7) is 0.532. The molecular formula is C23H16N2OS2. The lowest BCUT2D eigenvalue weighted by atomic mass is 10.1. The molecule has 0 saturated heterocycles. The van der Waals surface area contributed by atoms with Gasteiger partial charge in [0.15, 0.2) is 0 Å². The Hall–Kier alpha value is -3.20. The number of nitriles is 1. The van der Waals surface area contributed by atoms with Crippen molar-refractivity contribution >= 4 is 34.3 Å². The van der Waals surface area contributed by atoms with Crippen molar-refractivity contribution < 1.29 is 4.74 Å². The molecule has 0 fully saturated rings. The quantitative estimate of drug-likeness (QED) is 0.346. The van der Waals surface area contributed by atoms with E-state index in [-0.39, 0.29) is 0 Å². The van der Waals surface area contributed by atoms with Crippen LogP contribution in [0, 0.1) is 11.3 Å². The molecule has 0 radical (unpaired) electrons. The number of thiazole rings is 1. The zero-order valence-electron chi connectivity index (χ0n) is 14.9. The first kappa shape index (κ1) is 18.2. The van der Waals surface area contributed by atoms with Crippen LogP contribution >= 0.6 is 22.7 Å². The summed E-state index contributed by atoms with van der Waals surface area (Å²) in [5.74, 6) is 0.800. The van der Waals surface area contributed by atoms with Crippen LogP contribution in [0.2, 0.25) is 0 Å². The van der Waals surface area contributed by atoms with Crippen LogP contribution < -0.4 is 4.74 Å². The van der Waals surface area contributed by atoms with Gasteiger partial charge in [0, 0.05) is 5.38 Å². The van der Waals surface area contributed by atoms with Crippen LogP contribution in [0.5, 0.6) is 5.75 Å². The summed E-state index contributed by atoms with van der Waals surface area (Å²) in [6.07, 6.45) is 1.86. The highest BCUT2D eigenvalue weighted by Crippen LogP contribution is 2.29. The average molecular weight is 401 g/mol. The average Bonchev–Trinajstić information content (AvgIpc) is 3.44. The third kappa shape index (κ3) is 4.37. The second-order valence-electron chi connectivity index (χ2n) is 6.03. The van der Waals surface area contributed by atoms with Gasteiger partial charge in [-0.1, -0.05) is 48.5 Å². The molecule has 4 rings (SSSR count). The van der Waals surface area contributed by atoms with Crippen molar-refractivity contribution in [3.05, 3.63) is 93.6 Å². The van der Waals surface area contributed by atoms with Crippen molar-refractivity contribution in [2.24, 2.45) is 0 Å². The van der Waals surface area contributed by atoms with Gasteiger partial charge in [-0.15, -0.1) is 22.7 Å². The van der Waals surface area contributed by atoms with Crippen LogP contribution in [-0.4, -0.2) is 4.98 Å². The number of nitrogens with zero attached hydrogens (tertiary/aromatic N) is 2. The Morgan fingerprint density at radius 1 is 1.00 bits per heavy atom. The molecule has 136 valence electrons. The summed E-state index contributed by atoms with van der Waals surface area (Å²) in [5, 5.41) is 14.3. The van der Waals surface area contributed by atoms with Gasteiger partial charge in [-0.05, 0) is 40.8 Å². The molecule has 2 aromatic carbocycles. The summed E-state index contributed by atoms with van der Waals surface area (Å²) in [6, 6.07) is 24.1. The third-order valence-electron chi connectivity index (χ3n) is 4.07. The van der Waals surface area contributed by atoms with Crippen molar-refractivity contribution in [2.75, 3.05) is 0 Å². The van der Waals surface area contributed by atoms with Gasteiger partial charge in [-0.25, -0.2) is 4.98 Å². The van der Waals surface area contributed by atoms with Crippen molar-refractivity contribution in [1.82, 2.24) is 4.98 Å². The smallest absolute Gasteiger partial charge is 0.134 e. The maximum absolute atomic E-state index is 9.57. The molecule has 0 aliphatic heterocycles. The fourth-order valence-corrected chi connectivity index (χ4v) is 4.19. The monoisotopic (exact) mass is 400 g/mol. The van der Waals surface area contributed by atoms with E-state index in [1.165, 1.54) is 11.3 Å². The van der Waals surface area contributed by atoms with Gasteiger partial charge in [0.2, 0.25) is 0 Å². The first-order valence-electron chi connectivity index (χ1n) is 8.70. The Kier molecular flexibility index (Phi) is 5.62. The van der Waals surface area contributed by atoms with Crippen LogP contribution in [-0.2, 0) is 6.61 Å². The normalized spacial score (nSPS) is 11.2. The number of benzene rings is 2. The van der Waals surface area contributed by atoms with Gasteiger partial charge in [0.1, 0.15) is 23.4 Å². The molecule has 0 unspecified atom stereocenters. The van der Waals surface area contributed by atoms with Crippen molar-refractivity contribution in [1.29, 1.82) is 5.26 Å². The second-order valence-corrected chi connectivity index (χ2v) is 7.83. The molecular weight excluding hydrogens is 384 g/mol. The summed E-state index contributed by atoms with van der Waals surface area (Å²) in [4.78, 5) is 5.72. The Labute approximate surface area is 171 Å². The molecule has 0 amide bonds. The van der Waals surface area contributed by atoms with Crippen LogP contribution in [0.1, 0.15) is 16.1 Å². The third-order valence-corrected chi connectivity index (χ3v) is 5.84. The highest BCUT2D eigenvalue weighted by atomic mass is 32.1. The van der Waals surface area contributed by atoms with Gasteiger partial charge < -0.3 is 4.74 Å². The lowest BCUT2D eigenvalue weighted by Crippen LogP contribution is -1.94. The molecule has 0 spiro atoms. The standard InChI is InChI=1S/C23H16N2OS2/c24-14-19(23-25-21(16-28-23)22-7-4-12-27-22)13-17-8-10-20(11-9-17)26-15-18-5-2-1-3-6-18/h1-13,16H,15H2/b19-13+. The molecule has 2 heterocycles. The maximum Gasteiger partial charge on any atom is 0.134 e. The zero-order valence-corrected chi connectivity index (χ0v) is 16.5. The van der Waals surface area contributed by atoms with Crippen LogP contribution in [0.25, 0.3) is 22.2 Å². The van der Waals surface area contributed by atoms with Gasteiger partial charge in [0.05, 0.1) is 16.1 Å². The zero-order chi connectivity index (χ0) is 19.2. The molecule has 0 saturated carbocycles. The molecule has 0 aliphatic rings. The highest BCUT2D eigenvalue weighted by Gasteiger charge is 2.09. The van der Waals surface area contributed by atoms with Gasteiger partial charge in [-0.2, -0.15) is 5.26 Å². The van der Waals surface area contributed by atoms with E-state index in [9.17, 15) is 5.26 Å². The first-order valence-corrected chi connectivity index (χ1v) is 10.5. The number of allylic oxidation sites excluding steroid dienone is 1. The van der Waals surface area contributed by atoms with E-state index in [0.29, 0.717) is 12.2 Å². The highest BCUT2D eigenvalue weighted by molar-refractivity contribution is 7.14. The van der Waals surface area contributed by atoms with Gasteiger partial charge >= 0.3 is 0 Å². The Morgan fingerprint density at radius 2 is 1.82 bits per heavy atom. The molecule has 0 N–H and O–H groups in total. The van der Waals surface area contributed by atoms with Crippen LogP contribution in [0.4, 0.5) is 0 Å². The van der Waals surface area contributed by atoms with Gasteiger partial charge in [0.25, 0.3) is 0 Å². The molecule has 0 bridgehead atoms. The minimum atomic E-state index is 0.532. The molecule has 0 atom stereocenters. The molecule has 0 aliphatic carbocycles. The topological polar surface area (TPSA) is 45.9 Å². The Morgan fingerprint density at radius 3 is 2.54 bits per heavy atom. The summed E-state index contributed by atoms with van der Waals surface area (Å²) < 4.78 is 5.81. The number of ether oxygens (including phenoxy) is 1. The summed E-state index contributed by atoms with van der Waals surface area (Å²) in [5.41, 5.74) is 3.55. The fourth-order valence-electron chi connectivity index (χ4n) is 2.64. The summed E-state index contributed by atoms with van der Waals surface area (Å²) in [7, 11) is 0. The van der Waals surface area contributed by atoms with E-state index in [2.05, 4.69) is 11.1 Å². The predicted molar refractivity (Wildman–Crippen MR) is 116 cm³/mol. The maximum atomic E-state index is 9.57. The van der Waals surface area contributed by atoms with Crippen molar-refractivity contribution in [3.63, 3.8) is 0 Å². The minimum absolute atomic E-state index is 0.532. The molecule has 4 aromatic rings. The second kappa shape index (κ2) is 8.66. The number of aromatic nitrogens is 1. The lowest BCUT2D eigenvalue weighted by Gasteiger charge is -2.06. The van der Waals surface area contributed by atoms with Crippen molar-refractivity contribution in [2.45, 2.75) is 6.61 Å². The Bertz CT molecular complexity index is 1110. The van der Waals surface area contributed by atoms with E-state index >= 15 is 0 Å². The molecule has 5 heteroatoms. The van der Waals surface area contributed by atoms with Crippen LogP contribution in [0.3, 0.4) is 0 Å². The van der Waals surface area contributed by atoms with E-state index in [1.807, 2.05) is 83.6 Å². The summed E-state index contributed by atoms with van der Waals surface area (Å²) >= 11 is 3.13. The van der Waals surface area contributed by atoms with Crippen LogP contribution in [0.15, 0.2) is 77.5 Å². The number of hydrogen-bond donors (Lipinski definition) is 0. The minimum Gasteiger partial charge on any atom is -0.489 e. The lowest BCUT2D eigenvalue weighted by molar-refractivity contribution is 0.306. The largest absolute Gasteiger partial charge is 0.489 e. The predicted octanol–water partition coefficient (Wildman–Crippen LogP) is 6.51. The SMILES string of the molecule is N#C/C(=C\c1ccc(OCc2ccccc2)cc1)c1nc(-c2cccs2)cs1. The van der Waals surface area contributed by atoms with E-state index in [4.69, 9.17) is 4.74 Å². The fraction of sp³-hybridized carbons (Fsp3) is 0.0435.